The van der Waals surface area contributed by atoms with Crippen LogP contribution in [0.3, 0.4) is 0 Å². The zero-order valence-electron chi connectivity index (χ0n) is 23.3. The summed E-state index contributed by atoms with van der Waals surface area (Å²) < 4.78 is 5.16. The summed E-state index contributed by atoms with van der Waals surface area (Å²) in [5, 5.41) is 22.7. The van der Waals surface area contributed by atoms with Crippen LogP contribution in [0, 0.1) is 17.2 Å². The van der Waals surface area contributed by atoms with Crippen molar-refractivity contribution in [1.82, 2.24) is 15.2 Å². The molecule has 216 valence electrons. The van der Waals surface area contributed by atoms with Gasteiger partial charge in [0, 0.05) is 6.20 Å². The van der Waals surface area contributed by atoms with Crippen molar-refractivity contribution >= 4 is 23.8 Å². The smallest absolute Gasteiger partial charge is 0.413 e. The number of carbonyl (C=O) groups is 3. The Labute approximate surface area is 248 Å². The third kappa shape index (κ3) is 6.31. The fourth-order valence-corrected chi connectivity index (χ4v) is 5.11. The number of carbonyl (C=O) groups excluding carboxylic acids is 2. The second kappa shape index (κ2) is 12.9. The highest BCUT2D eigenvalue weighted by molar-refractivity contribution is 6.02. The molecule has 1 aliphatic rings. The van der Waals surface area contributed by atoms with E-state index in [1.54, 1.807) is 43.5 Å². The van der Waals surface area contributed by atoms with Crippen molar-refractivity contribution in [3.05, 3.63) is 126 Å². The number of aromatic nitrogens is 1. The van der Waals surface area contributed by atoms with E-state index in [2.05, 4.69) is 16.4 Å². The fourth-order valence-electron chi connectivity index (χ4n) is 5.11. The van der Waals surface area contributed by atoms with Crippen molar-refractivity contribution in [3.63, 3.8) is 0 Å². The summed E-state index contributed by atoms with van der Waals surface area (Å²) in [6.07, 6.45) is 0.422. The van der Waals surface area contributed by atoms with Crippen molar-refractivity contribution in [1.29, 1.82) is 5.26 Å². The third-order valence-electron chi connectivity index (χ3n) is 7.37. The number of hydrogen-bond acceptors (Lipinski definition) is 6. The molecule has 2 heterocycles. The Hall–Kier alpha value is -5.69. The number of rotatable bonds is 9. The molecule has 10 nitrogen and oxygen atoms in total. The van der Waals surface area contributed by atoms with E-state index >= 15 is 0 Å². The Morgan fingerprint density at radius 3 is 2.19 bits per heavy atom. The highest BCUT2D eigenvalue weighted by Gasteiger charge is 2.51. The van der Waals surface area contributed by atoms with Gasteiger partial charge in [0.05, 0.1) is 31.7 Å². The van der Waals surface area contributed by atoms with Crippen LogP contribution in [-0.2, 0) is 17.8 Å². The molecule has 0 saturated carbocycles. The molecule has 5 rings (SSSR count). The monoisotopic (exact) mass is 575 g/mol. The van der Waals surface area contributed by atoms with E-state index in [1.807, 2.05) is 60.7 Å². The minimum absolute atomic E-state index is 0.0525. The molecule has 1 aliphatic heterocycles. The number of nitrogens with one attached hydrogen (secondary N) is 1. The van der Waals surface area contributed by atoms with Crippen molar-refractivity contribution < 1.29 is 24.2 Å². The van der Waals surface area contributed by atoms with Crippen molar-refractivity contribution in [2.45, 2.75) is 25.0 Å². The van der Waals surface area contributed by atoms with Gasteiger partial charge in [0.2, 0.25) is 5.91 Å². The molecule has 0 spiro atoms. The topological polar surface area (TPSA) is 136 Å². The maximum Gasteiger partial charge on any atom is 0.413 e. The van der Waals surface area contributed by atoms with Crippen LogP contribution in [-0.4, -0.2) is 46.2 Å². The number of imide groups is 1. The fraction of sp³-hybridized carbons (Fsp3) is 0.182. The lowest BCUT2D eigenvalue weighted by atomic mass is 9.83. The first-order valence-electron chi connectivity index (χ1n) is 13.6. The zero-order valence-corrected chi connectivity index (χ0v) is 23.3. The van der Waals surface area contributed by atoms with E-state index < -0.39 is 36.0 Å². The molecule has 1 aromatic heterocycles. The SMILES string of the molecule is COc1ccc(CN(C(=O)O)c2cc(CC3C(=O)N(C(=O)NC(c4ccccc4)c4ccccc4)C3C#N)ccn2)cc1. The Balaban J connectivity index is 1.30. The molecule has 1 saturated heterocycles. The van der Waals surface area contributed by atoms with E-state index in [-0.39, 0.29) is 18.8 Å². The molecule has 0 bridgehead atoms. The lowest BCUT2D eigenvalue weighted by Gasteiger charge is -2.42. The minimum Gasteiger partial charge on any atom is -0.497 e. The number of nitrogens with zero attached hydrogens (tertiary/aromatic N) is 4. The number of benzene rings is 3. The molecule has 0 aliphatic carbocycles. The Bertz CT molecular complexity index is 1600. The lowest BCUT2D eigenvalue weighted by molar-refractivity contribution is -0.146. The van der Waals surface area contributed by atoms with Gasteiger partial charge < -0.3 is 15.2 Å². The van der Waals surface area contributed by atoms with E-state index in [9.17, 15) is 24.8 Å². The van der Waals surface area contributed by atoms with Crippen LogP contribution < -0.4 is 15.0 Å². The summed E-state index contributed by atoms with van der Waals surface area (Å²) in [7, 11) is 1.55. The maximum absolute atomic E-state index is 13.3. The van der Waals surface area contributed by atoms with Crippen LogP contribution in [0.15, 0.2) is 103 Å². The number of β-lactam (4-membered cyclic amide) rings is 1. The van der Waals surface area contributed by atoms with E-state index in [0.717, 1.165) is 26.5 Å². The first-order chi connectivity index (χ1) is 20.9. The Morgan fingerprint density at radius 2 is 1.63 bits per heavy atom. The number of urea groups is 1. The Morgan fingerprint density at radius 1 is 1.00 bits per heavy atom. The third-order valence-corrected chi connectivity index (χ3v) is 7.37. The standard InChI is InChI=1S/C33H29N5O5/c1-43-26-14-12-22(13-15-26)21-37(33(41)42)29-19-23(16-17-35-29)18-27-28(20-34)38(31(27)39)32(40)36-30(24-8-4-2-5-9-24)25-10-6-3-7-11-25/h2-17,19,27-28,30H,18,21H2,1H3,(H,36,40)(H,41,42). The van der Waals surface area contributed by atoms with Gasteiger partial charge in [-0.15, -0.1) is 0 Å². The first kappa shape index (κ1) is 28.8. The summed E-state index contributed by atoms with van der Waals surface area (Å²) in [6.45, 7) is 0.0525. The van der Waals surface area contributed by atoms with Crippen LogP contribution >= 0.6 is 0 Å². The van der Waals surface area contributed by atoms with Gasteiger partial charge in [-0.2, -0.15) is 5.26 Å². The molecule has 43 heavy (non-hydrogen) atoms. The second-order valence-corrected chi connectivity index (χ2v) is 10.0. The summed E-state index contributed by atoms with van der Waals surface area (Å²) in [5.41, 5.74) is 3.03. The molecular weight excluding hydrogens is 546 g/mol. The number of hydrogen-bond donors (Lipinski definition) is 2. The summed E-state index contributed by atoms with van der Waals surface area (Å²) in [4.78, 5) is 45.0. The van der Waals surface area contributed by atoms with Gasteiger partial charge in [0.15, 0.2) is 0 Å². The van der Waals surface area contributed by atoms with Crippen LogP contribution in [0.1, 0.15) is 28.3 Å². The average Bonchev–Trinajstić information content (AvgIpc) is 3.04. The predicted molar refractivity (Wildman–Crippen MR) is 158 cm³/mol. The van der Waals surface area contributed by atoms with Crippen molar-refractivity contribution in [2.24, 2.45) is 5.92 Å². The van der Waals surface area contributed by atoms with Gasteiger partial charge in [-0.3, -0.25) is 9.69 Å². The quantitative estimate of drug-likeness (QED) is 0.263. The highest BCUT2D eigenvalue weighted by Crippen LogP contribution is 2.32. The molecule has 3 aromatic carbocycles. The normalized spacial score (nSPS) is 15.7. The molecule has 1 fully saturated rings. The van der Waals surface area contributed by atoms with Gasteiger partial charge in [-0.1, -0.05) is 72.8 Å². The number of amides is 4. The highest BCUT2D eigenvalue weighted by atomic mass is 16.5. The number of nitriles is 1. The summed E-state index contributed by atoms with van der Waals surface area (Å²) in [6, 6.07) is 29.0. The average molecular weight is 576 g/mol. The predicted octanol–water partition coefficient (Wildman–Crippen LogP) is 5.17. The van der Waals surface area contributed by atoms with E-state index in [0.29, 0.717) is 11.3 Å². The molecular formula is C33H29N5O5. The van der Waals surface area contributed by atoms with Crippen LogP contribution in [0.2, 0.25) is 0 Å². The Kier molecular flexibility index (Phi) is 8.63. The first-order valence-corrected chi connectivity index (χ1v) is 13.6. The molecule has 10 heteroatoms. The molecule has 0 radical (unpaired) electrons. The number of methoxy groups -OCH3 is 1. The largest absolute Gasteiger partial charge is 0.497 e. The molecule has 4 amide bonds. The van der Waals surface area contributed by atoms with Gasteiger partial charge in [0.25, 0.3) is 0 Å². The zero-order chi connectivity index (χ0) is 30.3. The van der Waals surface area contributed by atoms with Gasteiger partial charge in [-0.05, 0) is 52.9 Å². The maximum atomic E-state index is 13.3. The summed E-state index contributed by atoms with van der Waals surface area (Å²) in [5.74, 6) is -0.404. The number of anilines is 1. The lowest BCUT2D eigenvalue weighted by Crippen LogP contribution is -2.65. The van der Waals surface area contributed by atoms with E-state index in [1.165, 1.54) is 6.20 Å². The van der Waals surface area contributed by atoms with Crippen molar-refractivity contribution in [3.8, 4) is 11.8 Å². The molecule has 4 aromatic rings. The second-order valence-electron chi connectivity index (χ2n) is 10.0. The molecule has 2 atom stereocenters. The minimum atomic E-state index is -1.19. The van der Waals surface area contributed by atoms with E-state index in [4.69, 9.17) is 4.74 Å². The van der Waals surface area contributed by atoms with Crippen molar-refractivity contribution in [2.75, 3.05) is 12.0 Å². The van der Waals surface area contributed by atoms with Gasteiger partial charge in [0.1, 0.15) is 17.6 Å². The summed E-state index contributed by atoms with van der Waals surface area (Å²) >= 11 is 0. The van der Waals surface area contributed by atoms with Gasteiger partial charge >= 0.3 is 12.1 Å². The molecule has 2 unspecified atom stereocenters. The molecule has 2 N–H and O–H groups in total. The number of pyridine rings is 1. The number of carboxylic acid groups (broad SMARTS) is 1. The number of ether oxygens (including phenoxy) is 1. The number of likely N-dealkylation sites (tertiary alicyclic amines) is 1. The van der Waals surface area contributed by atoms with Crippen LogP contribution in [0.5, 0.6) is 5.75 Å². The van der Waals surface area contributed by atoms with Gasteiger partial charge in [-0.25, -0.2) is 19.5 Å². The van der Waals surface area contributed by atoms with Crippen LogP contribution in [0.4, 0.5) is 15.4 Å². The van der Waals surface area contributed by atoms with Crippen LogP contribution in [0.25, 0.3) is 0 Å².